The van der Waals surface area contributed by atoms with Crippen LogP contribution in [0.25, 0.3) is 0 Å². The van der Waals surface area contributed by atoms with Gasteiger partial charge in [0.2, 0.25) is 5.91 Å². The highest BCUT2D eigenvalue weighted by Crippen LogP contribution is 2.30. The molecule has 0 saturated carbocycles. The highest BCUT2D eigenvalue weighted by atomic mass is 16.5. The van der Waals surface area contributed by atoms with Crippen molar-refractivity contribution in [2.75, 3.05) is 14.2 Å². The van der Waals surface area contributed by atoms with Crippen molar-refractivity contribution in [1.29, 1.82) is 0 Å². The third-order valence-corrected chi connectivity index (χ3v) is 2.56. The van der Waals surface area contributed by atoms with Crippen LogP contribution in [0.4, 0.5) is 0 Å². The molecule has 0 aromatic heterocycles. The van der Waals surface area contributed by atoms with Crippen molar-refractivity contribution in [3.05, 3.63) is 23.8 Å². The fourth-order valence-corrected chi connectivity index (χ4v) is 1.73. The third kappa shape index (κ3) is 4.17. The van der Waals surface area contributed by atoms with Gasteiger partial charge in [-0.3, -0.25) is 4.79 Å². The quantitative estimate of drug-likeness (QED) is 0.784. The number of nitrogens with one attached hydrogen (secondary N) is 1. The van der Waals surface area contributed by atoms with Gasteiger partial charge in [0.15, 0.2) is 11.5 Å². The predicted octanol–water partition coefficient (Wildman–Crippen LogP) is 0.0210. The Hall–Kier alpha value is -2.24. The zero-order chi connectivity index (χ0) is 14.4. The van der Waals surface area contributed by atoms with Gasteiger partial charge < -0.3 is 24.7 Å². The number of amides is 1. The first-order valence-corrected chi connectivity index (χ1v) is 5.66. The van der Waals surface area contributed by atoms with Gasteiger partial charge in [0.25, 0.3) is 0 Å². The van der Waals surface area contributed by atoms with Crippen molar-refractivity contribution < 1.29 is 24.2 Å². The monoisotopic (exact) mass is 266 g/mol. The number of benzene rings is 1. The maximum Gasteiger partial charge on any atom is 0.217 e. The van der Waals surface area contributed by atoms with E-state index in [2.05, 4.69) is 5.32 Å². The lowest BCUT2D eigenvalue weighted by Crippen LogP contribution is -2.33. The first-order valence-electron chi connectivity index (χ1n) is 5.66. The number of hydrogen-bond acceptors (Lipinski definition) is 5. The van der Waals surface area contributed by atoms with Gasteiger partial charge in [-0.1, -0.05) is 6.07 Å². The summed E-state index contributed by atoms with van der Waals surface area (Å²) in [5.41, 5.74) is 0.608. The van der Waals surface area contributed by atoms with E-state index in [-0.39, 0.29) is 12.3 Å². The molecule has 104 valence electrons. The maximum absolute atomic E-state index is 11.1. The highest BCUT2D eigenvalue weighted by Gasteiger charge is 2.15. The summed E-state index contributed by atoms with van der Waals surface area (Å²) in [6.45, 7) is 1.32. The Morgan fingerprint density at radius 3 is 2.37 bits per heavy atom. The second-order valence-electron chi connectivity index (χ2n) is 3.94. The van der Waals surface area contributed by atoms with Crippen LogP contribution >= 0.6 is 0 Å². The molecular weight excluding hydrogens is 250 g/mol. The van der Waals surface area contributed by atoms with Crippen LogP contribution in [0.3, 0.4) is 0 Å². The normalized spacial score (nSPS) is 11.5. The van der Waals surface area contributed by atoms with Crippen molar-refractivity contribution in [2.45, 2.75) is 19.4 Å². The average Bonchev–Trinajstić information content (AvgIpc) is 2.36. The Labute approximate surface area is 111 Å². The molecular formula is C13H16NO5-. The van der Waals surface area contributed by atoms with E-state index in [9.17, 15) is 14.7 Å². The molecule has 0 aliphatic carbocycles. The molecule has 0 radical (unpaired) electrons. The summed E-state index contributed by atoms with van der Waals surface area (Å²) in [6.07, 6.45) is -0.310. The highest BCUT2D eigenvalue weighted by molar-refractivity contribution is 5.75. The third-order valence-electron chi connectivity index (χ3n) is 2.56. The van der Waals surface area contributed by atoms with Crippen LogP contribution < -0.4 is 19.9 Å². The molecule has 0 heterocycles. The lowest BCUT2D eigenvalue weighted by atomic mass is 10.0. The van der Waals surface area contributed by atoms with E-state index in [4.69, 9.17) is 9.47 Å². The van der Waals surface area contributed by atoms with E-state index in [0.717, 1.165) is 0 Å². The summed E-state index contributed by atoms with van der Waals surface area (Å²) in [7, 11) is 2.98. The van der Waals surface area contributed by atoms with Gasteiger partial charge in [-0.2, -0.15) is 0 Å². The molecule has 0 saturated heterocycles. The molecule has 1 rings (SSSR count). The lowest BCUT2D eigenvalue weighted by Gasteiger charge is -2.20. The van der Waals surface area contributed by atoms with Crippen LogP contribution in [0.1, 0.15) is 24.9 Å². The van der Waals surface area contributed by atoms with E-state index in [1.165, 1.54) is 21.1 Å². The number of rotatable bonds is 6. The minimum Gasteiger partial charge on any atom is -0.550 e. The molecule has 0 aliphatic rings. The molecule has 1 amide bonds. The van der Waals surface area contributed by atoms with Crippen LogP contribution in [0.15, 0.2) is 18.2 Å². The Morgan fingerprint density at radius 2 is 1.89 bits per heavy atom. The fourth-order valence-electron chi connectivity index (χ4n) is 1.73. The molecule has 0 unspecified atom stereocenters. The van der Waals surface area contributed by atoms with Crippen molar-refractivity contribution >= 4 is 11.9 Å². The van der Waals surface area contributed by atoms with Crippen molar-refractivity contribution in [2.24, 2.45) is 0 Å². The predicted molar refractivity (Wildman–Crippen MR) is 65.7 cm³/mol. The van der Waals surface area contributed by atoms with E-state index in [0.29, 0.717) is 17.1 Å². The summed E-state index contributed by atoms with van der Waals surface area (Å²) in [5, 5.41) is 13.3. The molecule has 1 aromatic rings. The van der Waals surface area contributed by atoms with Gasteiger partial charge >= 0.3 is 0 Å². The van der Waals surface area contributed by atoms with Crippen LogP contribution in [0.2, 0.25) is 0 Å². The zero-order valence-electron chi connectivity index (χ0n) is 11.1. The van der Waals surface area contributed by atoms with E-state index in [1.54, 1.807) is 18.2 Å². The summed E-state index contributed by atoms with van der Waals surface area (Å²) >= 11 is 0. The van der Waals surface area contributed by atoms with E-state index < -0.39 is 12.0 Å². The molecule has 6 nitrogen and oxygen atoms in total. The van der Waals surface area contributed by atoms with Gasteiger partial charge in [0, 0.05) is 19.3 Å². The van der Waals surface area contributed by atoms with Gasteiger partial charge in [0.05, 0.1) is 20.3 Å². The number of aliphatic carboxylic acids is 1. The fraction of sp³-hybridized carbons (Fsp3) is 0.385. The molecule has 1 aromatic carbocycles. The number of hydrogen-bond donors (Lipinski definition) is 1. The number of carboxylic acid groups (broad SMARTS) is 1. The number of carboxylic acids is 1. The number of ether oxygens (including phenoxy) is 2. The molecule has 0 fully saturated rings. The number of methoxy groups -OCH3 is 2. The van der Waals surface area contributed by atoms with E-state index >= 15 is 0 Å². The molecule has 0 spiro atoms. The van der Waals surface area contributed by atoms with E-state index in [1.807, 2.05) is 0 Å². The standard InChI is InChI=1S/C13H17NO5/c1-8(15)14-10(7-13(16)17)9-4-5-11(18-2)12(6-9)19-3/h4-6,10H,7H2,1-3H3,(H,14,15)(H,16,17)/p-1/t10-/m1/s1. The van der Waals surface area contributed by atoms with Gasteiger partial charge in [-0.05, 0) is 17.7 Å². The summed E-state index contributed by atoms with van der Waals surface area (Å²) in [6, 6.07) is 4.29. The minimum absolute atomic E-state index is 0.310. The zero-order valence-corrected chi connectivity index (χ0v) is 11.1. The largest absolute Gasteiger partial charge is 0.550 e. The Balaban J connectivity index is 3.07. The van der Waals surface area contributed by atoms with Crippen molar-refractivity contribution in [3.63, 3.8) is 0 Å². The van der Waals surface area contributed by atoms with Crippen LogP contribution in [-0.4, -0.2) is 26.1 Å². The first-order chi connectivity index (χ1) is 8.97. The smallest absolute Gasteiger partial charge is 0.217 e. The Bertz CT molecular complexity index is 456. The lowest BCUT2D eigenvalue weighted by molar-refractivity contribution is -0.306. The molecule has 1 N–H and O–H groups in total. The summed E-state index contributed by atoms with van der Waals surface area (Å²) in [4.78, 5) is 21.8. The van der Waals surface area contributed by atoms with Gasteiger partial charge in [-0.15, -0.1) is 0 Å². The van der Waals surface area contributed by atoms with Crippen LogP contribution in [0, 0.1) is 0 Å². The Morgan fingerprint density at radius 1 is 1.26 bits per heavy atom. The Kier molecular flexibility index (Phi) is 5.17. The first kappa shape index (κ1) is 14.8. The van der Waals surface area contributed by atoms with Crippen LogP contribution in [0.5, 0.6) is 11.5 Å². The minimum atomic E-state index is -1.24. The number of carbonyl (C=O) groups excluding carboxylic acids is 2. The second kappa shape index (κ2) is 6.63. The SMILES string of the molecule is COc1ccc([C@@H](CC(=O)[O-])NC(C)=O)cc1OC. The van der Waals surface area contributed by atoms with Crippen molar-refractivity contribution in [3.8, 4) is 11.5 Å². The summed E-state index contributed by atoms with van der Waals surface area (Å²) < 4.78 is 10.2. The second-order valence-corrected chi connectivity index (χ2v) is 3.94. The maximum atomic E-state index is 11.1. The molecule has 19 heavy (non-hydrogen) atoms. The summed E-state index contributed by atoms with van der Waals surface area (Å²) in [5.74, 6) is -0.565. The van der Waals surface area contributed by atoms with Crippen LogP contribution in [-0.2, 0) is 9.59 Å². The molecule has 1 atom stereocenters. The molecule has 6 heteroatoms. The molecule has 0 bridgehead atoms. The topological polar surface area (TPSA) is 87.7 Å². The molecule has 0 aliphatic heterocycles. The van der Waals surface area contributed by atoms with Gasteiger partial charge in [-0.25, -0.2) is 0 Å². The van der Waals surface area contributed by atoms with Gasteiger partial charge in [0.1, 0.15) is 0 Å². The van der Waals surface area contributed by atoms with Crippen molar-refractivity contribution in [1.82, 2.24) is 5.32 Å². The number of carbonyl (C=O) groups is 2. The average molecular weight is 266 g/mol.